The molecule has 0 saturated carbocycles. The van der Waals surface area contributed by atoms with Gasteiger partial charge in [0.25, 0.3) is 5.91 Å². The number of carbonyl (C=O) groups excluding carboxylic acids is 1. The third-order valence-corrected chi connectivity index (χ3v) is 4.75. The van der Waals surface area contributed by atoms with Crippen LogP contribution in [0.25, 0.3) is 0 Å². The predicted molar refractivity (Wildman–Crippen MR) is 102 cm³/mol. The largest absolute Gasteiger partial charge is 0.367 e. The summed E-state index contributed by atoms with van der Waals surface area (Å²) in [6, 6.07) is 19.0. The molecule has 0 fully saturated rings. The molecule has 4 rings (SSSR count). The van der Waals surface area contributed by atoms with Crippen molar-refractivity contribution in [2.24, 2.45) is 0 Å². The lowest BCUT2D eigenvalue weighted by Crippen LogP contribution is -2.19. The Balaban J connectivity index is 1.43. The third kappa shape index (κ3) is 3.67. The number of benzene rings is 3. The molecular weight excluding hydrogens is 346 g/mol. The first-order valence-electron chi connectivity index (χ1n) is 8.78. The molecule has 1 aliphatic heterocycles. The van der Waals surface area contributed by atoms with Crippen LogP contribution in [0.1, 0.15) is 21.5 Å². The van der Waals surface area contributed by atoms with Crippen molar-refractivity contribution in [2.75, 3.05) is 16.8 Å². The Bertz CT molecular complexity index is 986. The van der Waals surface area contributed by atoms with Crippen LogP contribution in [0, 0.1) is 11.6 Å². The molecule has 1 amide bonds. The molecule has 0 atom stereocenters. The number of fused-ring (bicyclic) bond motifs is 1. The summed E-state index contributed by atoms with van der Waals surface area (Å²) >= 11 is 0. The summed E-state index contributed by atoms with van der Waals surface area (Å²) in [4.78, 5) is 14.6. The van der Waals surface area contributed by atoms with Crippen LogP contribution in [-0.2, 0) is 13.0 Å². The minimum atomic E-state index is -0.992. The van der Waals surface area contributed by atoms with Gasteiger partial charge >= 0.3 is 0 Å². The second-order valence-electron chi connectivity index (χ2n) is 6.58. The summed E-state index contributed by atoms with van der Waals surface area (Å²) in [6.07, 6.45) is 1.05. The van der Waals surface area contributed by atoms with Crippen molar-refractivity contribution in [3.8, 4) is 0 Å². The van der Waals surface area contributed by atoms with E-state index in [-0.39, 0.29) is 11.6 Å². The summed E-state index contributed by atoms with van der Waals surface area (Å²) in [6.45, 7) is 1.76. The number of hydrogen-bond donors (Lipinski definition) is 1. The molecule has 0 unspecified atom stereocenters. The van der Waals surface area contributed by atoms with Crippen molar-refractivity contribution in [3.05, 3.63) is 95.1 Å². The van der Waals surface area contributed by atoms with Crippen molar-refractivity contribution in [2.45, 2.75) is 13.0 Å². The van der Waals surface area contributed by atoms with Gasteiger partial charge in [0.05, 0.1) is 0 Å². The fourth-order valence-corrected chi connectivity index (χ4v) is 3.33. The molecule has 0 radical (unpaired) electrons. The average Bonchev–Trinajstić information content (AvgIpc) is 3.08. The lowest BCUT2D eigenvalue weighted by atomic mass is 10.1. The van der Waals surface area contributed by atoms with Crippen LogP contribution in [-0.4, -0.2) is 12.5 Å². The number of nitrogens with one attached hydrogen (secondary N) is 1. The van der Waals surface area contributed by atoms with Crippen LogP contribution >= 0.6 is 0 Å². The zero-order chi connectivity index (χ0) is 18.8. The Hall–Kier alpha value is -3.21. The normalized spacial score (nSPS) is 12.7. The zero-order valence-corrected chi connectivity index (χ0v) is 14.6. The Morgan fingerprint density at radius 3 is 2.52 bits per heavy atom. The van der Waals surface area contributed by atoms with Crippen LogP contribution < -0.4 is 10.2 Å². The van der Waals surface area contributed by atoms with Crippen molar-refractivity contribution in [1.29, 1.82) is 0 Å². The quantitative estimate of drug-likeness (QED) is 0.723. The number of amides is 1. The molecule has 1 N–H and O–H groups in total. The van der Waals surface area contributed by atoms with Gasteiger partial charge in [-0.05, 0) is 47.9 Å². The van der Waals surface area contributed by atoms with E-state index < -0.39 is 11.6 Å². The van der Waals surface area contributed by atoms with E-state index in [0.29, 0.717) is 5.56 Å². The molecule has 0 saturated heterocycles. The van der Waals surface area contributed by atoms with Crippen LogP contribution in [0.15, 0.2) is 66.7 Å². The topological polar surface area (TPSA) is 32.3 Å². The number of carbonyl (C=O) groups is 1. The monoisotopic (exact) mass is 364 g/mol. The first-order valence-corrected chi connectivity index (χ1v) is 8.78. The molecule has 1 heterocycles. The van der Waals surface area contributed by atoms with E-state index in [9.17, 15) is 13.6 Å². The molecule has 1 aliphatic rings. The van der Waals surface area contributed by atoms with Crippen LogP contribution in [0.5, 0.6) is 0 Å². The van der Waals surface area contributed by atoms with Gasteiger partial charge in [-0.1, -0.05) is 30.3 Å². The standard InChI is InChI=1S/C22H18F2N2O/c23-19-10-9-18(13-20(19)24)25-22(27)17-7-5-15(6-8-17)14-26-12-11-16-3-1-2-4-21(16)26/h1-10,13H,11-12,14H2,(H,25,27). The van der Waals surface area contributed by atoms with Crippen molar-refractivity contribution < 1.29 is 13.6 Å². The summed E-state index contributed by atoms with van der Waals surface area (Å²) in [7, 11) is 0. The van der Waals surface area contributed by atoms with E-state index >= 15 is 0 Å². The Morgan fingerprint density at radius 1 is 0.963 bits per heavy atom. The number of nitrogens with zero attached hydrogens (tertiary/aromatic N) is 1. The molecule has 0 aromatic heterocycles. The Kier molecular flexibility index (Phi) is 4.59. The second kappa shape index (κ2) is 7.19. The van der Waals surface area contributed by atoms with Gasteiger partial charge in [0.15, 0.2) is 11.6 Å². The van der Waals surface area contributed by atoms with E-state index in [2.05, 4.69) is 28.4 Å². The van der Waals surface area contributed by atoms with Gasteiger partial charge in [0, 0.05) is 36.1 Å². The minimum absolute atomic E-state index is 0.219. The number of para-hydroxylation sites is 1. The molecule has 27 heavy (non-hydrogen) atoms. The number of rotatable bonds is 4. The van der Waals surface area contributed by atoms with Gasteiger partial charge in [-0.15, -0.1) is 0 Å². The molecule has 0 aliphatic carbocycles. The molecule has 0 spiro atoms. The zero-order valence-electron chi connectivity index (χ0n) is 14.6. The molecule has 5 heteroatoms. The van der Waals surface area contributed by atoms with E-state index in [1.165, 1.54) is 17.3 Å². The van der Waals surface area contributed by atoms with E-state index in [1.54, 1.807) is 12.1 Å². The summed E-state index contributed by atoms with van der Waals surface area (Å²) in [5.74, 6) is -2.30. The molecule has 3 aromatic carbocycles. The number of halogens is 2. The fourth-order valence-electron chi connectivity index (χ4n) is 3.33. The van der Waals surface area contributed by atoms with Crippen LogP contribution in [0.3, 0.4) is 0 Å². The summed E-state index contributed by atoms with van der Waals surface area (Å²) in [5, 5.41) is 2.58. The smallest absolute Gasteiger partial charge is 0.255 e. The number of hydrogen-bond acceptors (Lipinski definition) is 2. The molecule has 136 valence electrons. The summed E-state index contributed by atoms with van der Waals surface area (Å²) in [5.41, 5.74) is 4.41. The van der Waals surface area contributed by atoms with Crippen LogP contribution in [0.4, 0.5) is 20.2 Å². The van der Waals surface area contributed by atoms with Gasteiger partial charge in [0.2, 0.25) is 0 Å². The van der Waals surface area contributed by atoms with Crippen molar-refractivity contribution in [1.82, 2.24) is 0 Å². The predicted octanol–water partition coefficient (Wildman–Crippen LogP) is 4.78. The lowest BCUT2D eigenvalue weighted by molar-refractivity contribution is 0.102. The third-order valence-electron chi connectivity index (χ3n) is 4.75. The van der Waals surface area contributed by atoms with E-state index in [1.807, 2.05) is 18.2 Å². The lowest BCUT2D eigenvalue weighted by Gasteiger charge is -2.19. The van der Waals surface area contributed by atoms with Gasteiger partial charge in [-0.3, -0.25) is 4.79 Å². The second-order valence-corrected chi connectivity index (χ2v) is 6.58. The van der Waals surface area contributed by atoms with Crippen molar-refractivity contribution in [3.63, 3.8) is 0 Å². The highest BCUT2D eigenvalue weighted by Crippen LogP contribution is 2.28. The highest BCUT2D eigenvalue weighted by atomic mass is 19.2. The molecule has 3 aromatic rings. The first-order chi connectivity index (χ1) is 13.1. The van der Waals surface area contributed by atoms with Gasteiger partial charge in [-0.25, -0.2) is 8.78 Å². The van der Waals surface area contributed by atoms with Gasteiger partial charge in [0.1, 0.15) is 0 Å². The maximum Gasteiger partial charge on any atom is 0.255 e. The molecular formula is C22H18F2N2O. The SMILES string of the molecule is O=C(Nc1ccc(F)c(F)c1)c1ccc(CN2CCc3ccccc32)cc1. The summed E-state index contributed by atoms with van der Waals surface area (Å²) < 4.78 is 26.2. The minimum Gasteiger partial charge on any atom is -0.367 e. The van der Waals surface area contributed by atoms with E-state index in [0.717, 1.165) is 37.2 Å². The van der Waals surface area contributed by atoms with E-state index in [4.69, 9.17) is 0 Å². The maximum atomic E-state index is 13.3. The Labute approximate surface area is 156 Å². The highest BCUT2D eigenvalue weighted by molar-refractivity contribution is 6.04. The highest BCUT2D eigenvalue weighted by Gasteiger charge is 2.18. The van der Waals surface area contributed by atoms with Gasteiger partial charge in [-0.2, -0.15) is 0 Å². The number of anilines is 2. The molecule has 0 bridgehead atoms. The van der Waals surface area contributed by atoms with Gasteiger partial charge < -0.3 is 10.2 Å². The van der Waals surface area contributed by atoms with Crippen molar-refractivity contribution >= 4 is 17.3 Å². The fraction of sp³-hybridized carbons (Fsp3) is 0.136. The maximum absolute atomic E-state index is 13.3. The van der Waals surface area contributed by atoms with Crippen LogP contribution in [0.2, 0.25) is 0 Å². The first kappa shape index (κ1) is 17.2. The average molecular weight is 364 g/mol. The molecule has 3 nitrogen and oxygen atoms in total. The Morgan fingerprint density at radius 2 is 1.74 bits per heavy atom.